The van der Waals surface area contributed by atoms with Crippen LogP contribution < -0.4 is 11.1 Å². The van der Waals surface area contributed by atoms with Crippen LogP contribution in [0.2, 0.25) is 0 Å². The lowest BCUT2D eigenvalue weighted by Crippen LogP contribution is -2.14. The number of hydrogen-bond acceptors (Lipinski definition) is 3. The van der Waals surface area contributed by atoms with Crippen LogP contribution in [0, 0.1) is 6.92 Å². The van der Waals surface area contributed by atoms with Crippen molar-refractivity contribution in [3.05, 3.63) is 59.3 Å². The number of anilines is 1. The molecule has 0 atom stereocenters. The van der Waals surface area contributed by atoms with Crippen molar-refractivity contribution in [3.63, 3.8) is 0 Å². The van der Waals surface area contributed by atoms with Gasteiger partial charge in [-0.15, -0.1) is 0 Å². The highest BCUT2D eigenvalue weighted by atomic mass is 16.1. The number of nitrogens with zero attached hydrogens (tertiary/aromatic N) is 1. The Kier molecular flexibility index (Phi) is 4.85. The molecule has 1 aromatic heterocycles. The van der Waals surface area contributed by atoms with Crippen molar-refractivity contribution in [3.8, 4) is 0 Å². The Morgan fingerprint density at radius 3 is 2.65 bits per heavy atom. The van der Waals surface area contributed by atoms with Gasteiger partial charge in [0.2, 0.25) is 5.91 Å². The van der Waals surface area contributed by atoms with Gasteiger partial charge in [-0.3, -0.25) is 4.79 Å². The van der Waals surface area contributed by atoms with Gasteiger partial charge in [-0.25, -0.2) is 4.98 Å². The smallest absolute Gasteiger partial charge is 0.225 e. The van der Waals surface area contributed by atoms with Gasteiger partial charge in [-0.1, -0.05) is 35.9 Å². The van der Waals surface area contributed by atoms with Crippen molar-refractivity contribution in [1.29, 1.82) is 0 Å². The Balaban J connectivity index is 1.87. The van der Waals surface area contributed by atoms with Crippen LogP contribution in [0.5, 0.6) is 0 Å². The van der Waals surface area contributed by atoms with Crippen LogP contribution in [0.25, 0.3) is 0 Å². The van der Waals surface area contributed by atoms with Crippen molar-refractivity contribution < 1.29 is 4.79 Å². The fourth-order valence-electron chi connectivity index (χ4n) is 1.88. The molecule has 20 heavy (non-hydrogen) atoms. The van der Waals surface area contributed by atoms with Gasteiger partial charge in [-0.2, -0.15) is 0 Å². The van der Waals surface area contributed by atoms with Crippen LogP contribution in [0.3, 0.4) is 0 Å². The van der Waals surface area contributed by atoms with Gasteiger partial charge in [0.15, 0.2) is 0 Å². The standard InChI is InChI=1S/C16H19N3O/c1-12-5-7-13(8-6-12)9-10-16(20)19-15-4-2-3-14(11-17)18-15/h2-8H,9-11,17H2,1H3,(H,18,19,20). The Morgan fingerprint density at radius 1 is 1.20 bits per heavy atom. The summed E-state index contributed by atoms with van der Waals surface area (Å²) in [6, 6.07) is 13.7. The van der Waals surface area contributed by atoms with Gasteiger partial charge >= 0.3 is 0 Å². The normalized spacial score (nSPS) is 10.3. The molecule has 1 aromatic carbocycles. The fourth-order valence-corrected chi connectivity index (χ4v) is 1.88. The van der Waals surface area contributed by atoms with E-state index in [9.17, 15) is 4.79 Å². The summed E-state index contributed by atoms with van der Waals surface area (Å²) >= 11 is 0. The number of rotatable bonds is 5. The van der Waals surface area contributed by atoms with E-state index in [2.05, 4.69) is 34.6 Å². The van der Waals surface area contributed by atoms with Gasteiger partial charge < -0.3 is 11.1 Å². The maximum Gasteiger partial charge on any atom is 0.225 e. The maximum atomic E-state index is 11.9. The van der Waals surface area contributed by atoms with Gasteiger partial charge in [0.1, 0.15) is 5.82 Å². The molecule has 0 fully saturated rings. The molecule has 3 N–H and O–H groups in total. The number of nitrogens with two attached hydrogens (primary N) is 1. The summed E-state index contributed by atoms with van der Waals surface area (Å²) in [6.07, 6.45) is 1.17. The quantitative estimate of drug-likeness (QED) is 0.876. The first-order valence-electron chi connectivity index (χ1n) is 6.69. The molecular formula is C16H19N3O. The second-order valence-electron chi connectivity index (χ2n) is 4.75. The SMILES string of the molecule is Cc1ccc(CCC(=O)Nc2cccc(CN)n2)cc1. The van der Waals surface area contributed by atoms with E-state index in [1.54, 1.807) is 6.07 Å². The number of aryl methyl sites for hydroxylation is 2. The highest BCUT2D eigenvalue weighted by Gasteiger charge is 2.04. The number of hydrogen-bond donors (Lipinski definition) is 2. The molecule has 4 nitrogen and oxygen atoms in total. The second kappa shape index (κ2) is 6.82. The molecule has 4 heteroatoms. The fraction of sp³-hybridized carbons (Fsp3) is 0.250. The highest BCUT2D eigenvalue weighted by Crippen LogP contribution is 2.08. The van der Waals surface area contributed by atoms with Gasteiger partial charge in [0.25, 0.3) is 0 Å². The Hall–Kier alpha value is -2.20. The van der Waals surface area contributed by atoms with E-state index in [-0.39, 0.29) is 5.91 Å². The van der Waals surface area contributed by atoms with Crippen molar-refractivity contribution in [2.75, 3.05) is 5.32 Å². The highest BCUT2D eigenvalue weighted by molar-refractivity contribution is 5.89. The predicted molar refractivity (Wildman–Crippen MR) is 80.3 cm³/mol. The molecule has 0 saturated carbocycles. The van der Waals surface area contributed by atoms with E-state index in [4.69, 9.17) is 5.73 Å². The van der Waals surface area contributed by atoms with E-state index < -0.39 is 0 Å². The van der Waals surface area contributed by atoms with Crippen LogP contribution in [-0.4, -0.2) is 10.9 Å². The van der Waals surface area contributed by atoms with Crippen LogP contribution in [0.4, 0.5) is 5.82 Å². The summed E-state index contributed by atoms with van der Waals surface area (Å²) in [4.78, 5) is 16.1. The molecule has 0 bridgehead atoms. The minimum Gasteiger partial charge on any atom is -0.325 e. The molecule has 0 radical (unpaired) electrons. The Bertz CT molecular complexity index is 579. The van der Waals surface area contributed by atoms with Crippen molar-refractivity contribution in [2.45, 2.75) is 26.3 Å². The summed E-state index contributed by atoms with van der Waals surface area (Å²) in [5, 5.41) is 2.79. The van der Waals surface area contributed by atoms with E-state index in [1.165, 1.54) is 5.56 Å². The van der Waals surface area contributed by atoms with Crippen LogP contribution in [0.15, 0.2) is 42.5 Å². The molecule has 0 aliphatic carbocycles. The lowest BCUT2D eigenvalue weighted by molar-refractivity contribution is -0.116. The Morgan fingerprint density at radius 2 is 1.95 bits per heavy atom. The zero-order valence-electron chi connectivity index (χ0n) is 11.6. The predicted octanol–water partition coefficient (Wildman–Crippen LogP) is 2.42. The molecule has 0 saturated heterocycles. The van der Waals surface area contributed by atoms with Crippen molar-refractivity contribution >= 4 is 11.7 Å². The maximum absolute atomic E-state index is 11.9. The monoisotopic (exact) mass is 269 g/mol. The molecule has 0 aliphatic heterocycles. The van der Waals surface area contributed by atoms with Crippen LogP contribution >= 0.6 is 0 Å². The van der Waals surface area contributed by atoms with Crippen molar-refractivity contribution in [2.24, 2.45) is 5.73 Å². The molecule has 104 valence electrons. The molecule has 0 aliphatic rings. The minimum atomic E-state index is -0.0350. The second-order valence-corrected chi connectivity index (χ2v) is 4.75. The number of aromatic nitrogens is 1. The molecule has 0 unspecified atom stereocenters. The first-order chi connectivity index (χ1) is 9.67. The van der Waals surface area contributed by atoms with Crippen LogP contribution in [0.1, 0.15) is 23.2 Å². The third-order valence-corrected chi connectivity index (χ3v) is 3.04. The average Bonchev–Trinajstić information content (AvgIpc) is 2.47. The number of benzene rings is 1. The van der Waals surface area contributed by atoms with Crippen LogP contribution in [-0.2, 0) is 17.8 Å². The lowest BCUT2D eigenvalue weighted by Gasteiger charge is -2.06. The molecule has 1 heterocycles. The summed E-state index contributed by atoms with van der Waals surface area (Å²) < 4.78 is 0. The molecular weight excluding hydrogens is 250 g/mol. The zero-order valence-corrected chi connectivity index (χ0v) is 11.6. The first kappa shape index (κ1) is 14.2. The van der Waals surface area contributed by atoms with Gasteiger partial charge in [-0.05, 0) is 31.0 Å². The Labute approximate surface area is 119 Å². The lowest BCUT2D eigenvalue weighted by atomic mass is 10.1. The van der Waals surface area contributed by atoms with Gasteiger partial charge in [0.05, 0.1) is 5.69 Å². The summed E-state index contributed by atoms with van der Waals surface area (Å²) in [5.74, 6) is 0.522. The third kappa shape index (κ3) is 4.17. The molecule has 0 spiro atoms. The average molecular weight is 269 g/mol. The first-order valence-corrected chi connectivity index (χ1v) is 6.69. The number of pyridine rings is 1. The number of carbonyl (C=O) groups is 1. The largest absolute Gasteiger partial charge is 0.325 e. The summed E-state index contributed by atoms with van der Waals surface area (Å²) in [5.41, 5.74) is 8.67. The van der Waals surface area contributed by atoms with E-state index in [1.807, 2.05) is 19.1 Å². The summed E-state index contributed by atoms with van der Waals surface area (Å²) in [7, 11) is 0. The number of amides is 1. The minimum absolute atomic E-state index is 0.0350. The van der Waals surface area contributed by atoms with E-state index >= 15 is 0 Å². The number of nitrogens with one attached hydrogen (secondary N) is 1. The third-order valence-electron chi connectivity index (χ3n) is 3.04. The van der Waals surface area contributed by atoms with Crippen molar-refractivity contribution in [1.82, 2.24) is 4.98 Å². The summed E-state index contributed by atoms with van der Waals surface area (Å²) in [6.45, 7) is 2.42. The molecule has 1 amide bonds. The van der Waals surface area contributed by atoms with Gasteiger partial charge in [0, 0.05) is 13.0 Å². The van der Waals surface area contributed by atoms with E-state index in [0.29, 0.717) is 18.8 Å². The zero-order chi connectivity index (χ0) is 14.4. The van der Waals surface area contributed by atoms with E-state index in [0.717, 1.165) is 17.7 Å². The number of carbonyl (C=O) groups excluding carboxylic acids is 1. The molecule has 2 rings (SSSR count). The topological polar surface area (TPSA) is 68.0 Å². The molecule has 2 aromatic rings.